The largest absolute Gasteiger partial charge is 0.462 e. The van der Waals surface area contributed by atoms with E-state index in [0.717, 1.165) is 64.2 Å². The molecule has 0 amide bonds. The molecule has 0 rings (SSSR count). The Labute approximate surface area is 380 Å². The summed E-state index contributed by atoms with van der Waals surface area (Å²) in [7, 11) is 0. The summed E-state index contributed by atoms with van der Waals surface area (Å²) in [6.45, 7) is 6.66. The minimum absolute atomic E-state index is 0.0678. The van der Waals surface area contributed by atoms with E-state index in [1.807, 2.05) is 0 Å². The summed E-state index contributed by atoms with van der Waals surface area (Å²) in [4.78, 5) is 38.0. The van der Waals surface area contributed by atoms with Crippen molar-refractivity contribution >= 4 is 17.9 Å². The van der Waals surface area contributed by atoms with Gasteiger partial charge >= 0.3 is 17.9 Å². The zero-order valence-electron chi connectivity index (χ0n) is 41.2. The average molecular weight is 861 g/mol. The fraction of sp³-hybridized carbons (Fsp3) is 0.909. The van der Waals surface area contributed by atoms with Crippen LogP contribution in [0.2, 0.25) is 0 Å². The molecule has 360 valence electrons. The highest BCUT2D eigenvalue weighted by Gasteiger charge is 2.19. The molecule has 0 aliphatic carbocycles. The van der Waals surface area contributed by atoms with Gasteiger partial charge in [-0.15, -0.1) is 0 Å². The Bertz CT molecular complexity index is 947. The van der Waals surface area contributed by atoms with Crippen LogP contribution in [0.4, 0.5) is 0 Å². The van der Waals surface area contributed by atoms with Gasteiger partial charge in [-0.05, 0) is 44.9 Å². The van der Waals surface area contributed by atoms with Crippen molar-refractivity contribution in [3.05, 3.63) is 12.2 Å². The lowest BCUT2D eigenvalue weighted by atomic mass is 10.0. The normalized spacial score (nSPS) is 12.0. The SMILES string of the molecule is CCCCCC/C=C\CCCCCCCC(=O)OC(COC(=O)CCCCCCCCCCCCCCC)COC(=O)CCCCCCCCCCCCCCCCCCC. The molecule has 61 heavy (non-hydrogen) atoms. The van der Waals surface area contributed by atoms with E-state index in [9.17, 15) is 14.4 Å². The minimum atomic E-state index is -0.767. The fourth-order valence-corrected chi connectivity index (χ4v) is 8.14. The average Bonchev–Trinajstić information content (AvgIpc) is 3.26. The third-order valence-electron chi connectivity index (χ3n) is 12.3. The van der Waals surface area contributed by atoms with Crippen LogP contribution < -0.4 is 0 Å². The number of carbonyl (C=O) groups excluding carboxylic acids is 3. The third-order valence-corrected chi connectivity index (χ3v) is 12.3. The highest BCUT2D eigenvalue weighted by molar-refractivity contribution is 5.71. The molecule has 6 heteroatoms. The second kappa shape index (κ2) is 50.8. The molecule has 1 unspecified atom stereocenters. The molecule has 0 N–H and O–H groups in total. The van der Waals surface area contributed by atoms with Crippen LogP contribution in [-0.2, 0) is 28.6 Å². The molecule has 1 atom stereocenters. The monoisotopic (exact) mass is 861 g/mol. The van der Waals surface area contributed by atoms with E-state index in [1.54, 1.807) is 0 Å². The van der Waals surface area contributed by atoms with Crippen molar-refractivity contribution in [1.82, 2.24) is 0 Å². The molecule has 0 aromatic carbocycles. The van der Waals surface area contributed by atoms with Crippen LogP contribution in [0.5, 0.6) is 0 Å². The fourth-order valence-electron chi connectivity index (χ4n) is 8.14. The molecule has 0 heterocycles. The van der Waals surface area contributed by atoms with Crippen molar-refractivity contribution in [2.24, 2.45) is 0 Å². The van der Waals surface area contributed by atoms with E-state index >= 15 is 0 Å². The van der Waals surface area contributed by atoms with Gasteiger partial charge in [-0.25, -0.2) is 0 Å². The first kappa shape index (κ1) is 59.1. The summed E-state index contributed by atoms with van der Waals surface area (Å²) in [5.41, 5.74) is 0. The molecular weight excluding hydrogens is 757 g/mol. The number of allylic oxidation sites excluding steroid dienone is 2. The van der Waals surface area contributed by atoms with Crippen molar-refractivity contribution < 1.29 is 28.6 Å². The van der Waals surface area contributed by atoms with Gasteiger partial charge in [0.1, 0.15) is 13.2 Å². The van der Waals surface area contributed by atoms with Gasteiger partial charge in [0.2, 0.25) is 0 Å². The molecule has 0 aromatic rings. The van der Waals surface area contributed by atoms with Crippen LogP contribution in [0.1, 0.15) is 303 Å². The van der Waals surface area contributed by atoms with E-state index < -0.39 is 6.10 Å². The molecule has 0 saturated carbocycles. The first-order valence-corrected chi connectivity index (χ1v) is 27.2. The number of carbonyl (C=O) groups is 3. The molecule has 0 spiro atoms. The Morgan fingerprint density at radius 3 is 0.836 bits per heavy atom. The standard InChI is InChI=1S/C55H104O6/c1-4-7-10-13-16-19-22-25-26-27-28-31-33-36-39-42-45-48-54(57)60-51-52(61-55(58)49-46-43-40-37-34-30-24-21-18-15-12-9-6-3)50-59-53(56)47-44-41-38-35-32-29-23-20-17-14-11-8-5-2/h21,24,52H,4-20,22-23,25-51H2,1-3H3/b24-21-. The van der Waals surface area contributed by atoms with Gasteiger partial charge in [0.05, 0.1) is 0 Å². The Hall–Kier alpha value is -1.85. The van der Waals surface area contributed by atoms with Crippen molar-refractivity contribution in [2.75, 3.05) is 13.2 Å². The highest BCUT2D eigenvalue weighted by atomic mass is 16.6. The van der Waals surface area contributed by atoms with Crippen LogP contribution >= 0.6 is 0 Å². The molecule has 0 fully saturated rings. The van der Waals surface area contributed by atoms with E-state index in [4.69, 9.17) is 14.2 Å². The summed E-state index contributed by atoms with van der Waals surface area (Å²) in [5, 5.41) is 0. The molecule has 0 aromatic heterocycles. The lowest BCUT2D eigenvalue weighted by Crippen LogP contribution is -2.30. The molecule has 0 saturated heterocycles. The van der Waals surface area contributed by atoms with Gasteiger partial charge < -0.3 is 14.2 Å². The number of unbranched alkanes of at least 4 members (excludes halogenated alkanes) is 37. The number of hydrogen-bond acceptors (Lipinski definition) is 6. The number of ether oxygens (including phenoxy) is 3. The van der Waals surface area contributed by atoms with E-state index in [0.29, 0.717) is 19.3 Å². The van der Waals surface area contributed by atoms with E-state index in [2.05, 4.69) is 32.9 Å². The molecule has 0 bridgehead atoms. The Kier molecular flexibility index (Phi) is 49.3. The predicted molar refractivity (Wildman–Crippen MR) is 261 cm³/mol. The Balaban J connectivity index is 4.30. The van der Waals surface area contributed by atoms with Gasteiger partial charge in [0.15, 0.2) is 6.10 Å². The predicted octanol–water partition coefficient (Wildman–Crippen LogP) is 17.8. The third kappa shape index (κ3) is 49.0. The van der Waals surface area contributed by atoms with Crippen LogP contribution in [0, 0.1) is 0 Å². The molecule has 0 aliphatic heterocycles. The quantitative estimate of drug-likeness (QED) is 0.0262. The number of esters is 3. The Morgan fingerprint density at radius 1 is 0.311 bits per heavy atom. The van der Waals surface area contributed by atoms with Crippen LogP contribution in [0.25, 0.3) is 0 Å². The first-order chi connectivity index (χ1) is 30.0. The van der Waals surface area contributed by atoms with Gasteiger partial charge in [-0.2, -0.15) is 0 Å². The summed E-state index contributed by atoms with van der Waals surface area (Å²) in [5.74, 6) is -0.857. The molecular formula is C55H104O6. The van der Waals surface area contributed by atoms with E-state index in [-0.39, 0.29) is 31.1 Å². The zero-order chi connectivity index (χ0) is 44.4. The van der Waals surface area contributed by atoms with Crippen molar-refractivity contribution in [3.8, 4) is 0 Å². The summed E-state index contributed by atoms with van der Waals surface area (Å²) < 4.78 is 16.8. The highest BCUT2D eigenvalue weighted by Crippen LogP contribution is 2.17. The molecule has 6 nitrogen and oxygen atoms in total. The minimum Gasteiger partial charge on any atom is -0.462 e. The zero-order valence-corrected chi connectivity index (χ0v) is 41.2. The van der Waals surface area contributed by atoms with Gasteiger partial charge in [0.25, 0.3) is 0 Å². The van der Waals surface area contributed by atoms with Crippen molar-refractivity contribution in [2.45, 2.75) is 309 Å². The van der Waals surface area contributed by atoms with Crippen LogP contribution in [0.15, 0.2) is 12.2 Å². The number of hydrogen-bond donors (Lipinski definition) is 0. The maximum Gasteiger partial charge on any atom is 0.306 e. The second-order valence-corrected chi connectivity index (χ2v) is 18.5. The molecule has 0 radical (unpaired) electrons. The van der Waals surface area contributed by atoms with Crippen LogP contribution in [-0.4, -0.2) is 37.2 Å². The van der Waals surface area contributed by atoms with Crippen molar-refractivity contribution in [1.29, 1.82) is 0 Å². The first-order valence-electron chi connectivity index (χ1n) is 27.2. The van der Waals surface area contributed by atoms with E-state index in [1.165, 1.54) is 199 Å². The van der Waals surface area contributed by atoms with Gasteiger partial charge in [-0.1, -0.05) is 251 Å². The van der Waals surface area contributed by atoms with Gasteiger partial charge in [-0.3, -0.25) is 14.4 Å². The summed E-state index contributed by atoms with van der Waals surface area (Å²) in [6, 6.07) is 0. The molecule has 0 aliphatic rings. The topological polar surface area (TPSA) is 78.9 Å². The maximum atomic E-state index is 12.8. The summed E-state index contributed by atoms with van der Waals surface area (Å²) >= 11 is 0. The maximum absolute atomic E-state index is 12.8. The lowest BCUT2D eigenvalue weighted by molar-refractivity contribution is -0.167. The Morgan fingerprint density at radius 2 is 0.541 bits per heavy atom. The second-order valence-electron chi connectivity index (χ2n) is 18.5. The smallest absolute Gasteiger partial charge is 0.306 e. The van der Waals surface area contributed by atoms with Crippen molar-refractivity contribution in [3.63, 3.8) is 0 Å². The van der Waals surface area contributed by atoms with Gasteiger partial charge in [0, 0.05) is 19.3 Å². The lowest BCUT2D eigenvalue weighted by Gasteiger charge is -2.18. The van der Waals surface area contributed by atoms with Crippen LogP contribution in [0.3, 0.4) is 0 Å². The number of rotatable bonds is 50. The summed E-state index contributed by atoms with van der Waals surface area (Å²) in [6.07, 6.45) is 56.2.